The van der Waals surface area contributed by atoms with Crippen LogP contribution in [0.25, 0.3) is 10.9 Å². The van der Waals surface area contributed by atoms with Gasteiger partial charge in [0.1, 0.15) is 11.9 Å². The topological polar surface area (TPSA) is 76.0 Å². The number of aromatic amines is 1. The molecule has 1 aliphatic heterocycles. The predicted octanol–water partition coefficient (Wildman–Crippen LogP) is 2.81. The van der Waals surface area contributed by atoms with Gasteiger partial charge in [-0.15, -0.1) is 0 Å². The molecule has 0 atom stereocenters. The van der Waals surface area contributed by atoms with Crippen molar-refractivity contribution in [3.05, 3.63) is 69.4 Å². The summed E-state index contributed by atoms with van der Waals surface area (Å²) in [6, 6.07) is 11.1. The van der Waals surface area contributed by atoms with E-state index in [2.05, 4.69) is 25.8 Å². The summed E-state index contributed by atoms with van der Waals surface area (Å²) in [4.78, 5) is 23.2. The summed E-state index contributed by atoms with van der Waals surface area (Å²) in [5, 5.41) is 9.57. The predicted molar refractivity (Wildman–Crippen MR) is 108 cm³/mol. The number of H-pyrrole nitrogens is 1. The molecule has 0 aliphatic carbocycles. The van der Waals surface area contributed by atoms with Gasteiger partial charge >= 0.3 is 0 Å². The molecule has 1 fully saturated rings. The average molecular weight is 379 g/mol. The van der Waals surface area contributed by atoms with Crippen molar-refractivity contribution in [1.29, 1.82) is 5.26 Å². The zero-order valence-corrected chi connectivity index (χ0v) is 15.6. The van der Waals surface area contributed by atoms with E-state index < -0.39 is 0 Å². The molecule has 1 aromatic carbocycles. The maximum Gasteiger partial charge on any atom is 0.251 e. The summed E-state index contributed by atoms with van der Waals surface area (Å²) in [6.07, 6.45) is 1.58. The lowest BCUT2D eigenvalue weighted by atomic mass is 10.1. The second-order valence-electron chi connectivity index (χ2n) is 7.06. The third kappa shape index (κ3) is 3.47. The van der Waals surface area contributed by atoms with Crippen LogP contribution in [-0.2, 0) is 6.54 Å². The molecule has 144 valence electrons. The third-order valence-electron chi connectivity index (χ3n) is 5.19. The van der Waals surface area contributed by atoms with E-state index in [1.54, 1.807) is 31.3 Å². The van der Waals surface area contributed by atoms with E-state index in [9.17, 15) is 9.18 Å². The lowest BCUT2D eigenvalue weighted by Crippen LogP contribution is -2.46. The van der Waals surface area contributed by atoms with E-state index in [0.717, 1.165) is 32.0 Å². The number of aryl methyl sites for hydroxylation is 1. The van der Waals surface area contributed by atoms with Crippen molar-refractivity contribution in [2.75, 3.05) is 31.1 Å². The Bertz CT molecular complexity index is 1110. The van der Waals surface area contributed by atoms with E-state index in [-0.39, 0.29) is 18.3 Å². The standard InChI is InChI=1S/C21H20FN5O.H2/c1-14-10-16-3-4-17(19(22)20(16)25-21(14)28)13-26-6-8-27(9-7-26)18-5-2-15(11-23)12-24-18;/h2-5,10,12H,6-9,13H2,1H3,(H,25,28);1H. The highest BCUT2D eigenvalue weighted by Crippen LogP contribution is 2.21. The molecule has 28 heavy (non-hydrogen) atoms. The van der Waals surface area contributed by atoms with Gasteiger partial charge in [0.25, 0.3) is 5.56 Å². The SMILES string of the molecule is Cc1cc2ccc(CN3CCN(c4ccc(C#N)cn4)CC3)c(F)c2[nH]c1=O.[HH]. The summed E-state index contributed by atoms with van der Waals surface area (Å²) < 4.78 is 14.9. The number of nitrogens with one attached hydrogen (secondary N) is 1. The normalized spacial score (nSPS) is 15.0. The molecule has 7 heteroatoms. The monoisotopic (exact) mass is 379 g/mol. The Morgan fingerprint density at radius 1 is 1.25 bits per heavy atom. The number of rotatable bonds is 3. The van der Waals surface area contributed by atoms with E-state index in [0.29, 0.717) is 28.6 Å². The van der Waals surface area contributed by atoms with Crippen LogP contribution in [0.3, 0.4) is 0 Å². The molecule has 1 N–H and O–H groups in total. The molecule has 0 spiro atoms. The number of nitrogens with zero attached hydrogens (tertiary/aromatic N) is 4. The van der Waals surface area contributed by atoms with Crippen molar-refractivity contribution in [2.24, 2.45) is 0 Å². The third-order valence-corrected chi connectivity index (χ3v) is 5.19. The minimum Gasteiger partial charge on any atom is -0.354 e. The number of piperazine rings is 1. The van der Waals surface area contributed by atoms with Crippen LogP contribution in [0.1, 0.15) is 18.1 Å². The number of anilines is 1. The summed E-state index contributed by atoms with van der Waals surface area (Å²) in [5.41, 5.74) is 1.71. The molecule has 4 rings (SSSR count). The van der Waals surface area contributed by atoms with Crippen LogP contribution in [0.5, 0.6) is 0 Å². The molecular weight excluding hydrogens is 357 g/mol. The molecule has 3 aromatic rings. The number of hydrogen-bond donors (Lipinski definition) is 1. The molecular formula is C21H22FN5O. The Kier molecular flexibility index (Phi) is 4.80. The number of benzene rings is 1. The van der Waals surface area contributed by atoms with Crippen molar-refractivity contribution in [3.63, 3.8) is 0 Å². The van der Waals surface area contributed by atoms with Crippen LogP contribution >= 0.6 is 0 Å². The van der Waals surface area contributed by atoms with E-state index in [1.807, 2.05) is 12.1 Å². The van der Waals surface area contributed by atoms with Crippen LogP contribution in [0.15, 0.2) is 41.3 Å². The van der Waals surface area contributed by atoms with Gasteiger partial charge in [-0.05, 0) is 25.1 Å². The van der Waals surface area contributed by atoms with Crippen molar-refractivity contribution in [1.82, 2.24) is 14.9 Å². The van der Waals surface area contributed by atoms with Gasteiger partial charge in [-0.25, -0.2) is 9.37 Å². The summed E-state index contributed by atoms with van der Waals surface area (Å²) in [5.74, 6) is 0.495. The van der Waals surface area contributed by atoms with Crippen LogP contribution in [0.4, 0.5) is 10.2 Å². The zero-order valence-electron chi connectivity index (χ0n) is 15.6. The second-order valence-corrected chi connectivity index (χ2v) is 7.06. The minimum atomic E-state index is -0.356. The Labute approximate surface area is 163 Å². The molecule has 6 nitrogen and oxygen atoms in total. The lowest BCUT2D eigenvalue weighted by molar-refractivity contribution is 0.246. The maximum atomic E-state index is 14.9. The number of fused-ring (bicyclic) bond motifs is 1. The molecule has 1 aliphatic rings. The fourth-order valence-corrected chi connectivity index (χ4v) is 3.53. The first-order chi connectivity index (χ1) is 13.5. The second kappa shape index (κ2) is 7.41. The van der Waals surface area contributed by atoms with Gasteiger partial charge in [-0.2, -0.15) is 5.26 Å². The van der Waals surface area contributed by atoms with Gasteiger partial charge in [0.15, 0.2) is 5.82 Å². The number of hydrogen-bond acceptors (Lipinski definition) is 5. The van der Waals surface area contributed by atoms with Gasteiger partial charge in [0, 0.05) is 56.9 Å². The molecule has 1 saturated heterocycles. The average Bonchev–Trinajstić information content (AvgIpc) is 2.72. The number of nitriles is 1. The van der Waals surface area contributed by atoms with Crippen molar-refractivity contribution in [3.8, 4) is 6.07 Å². The van der Waals surface area contributed by atoms with Crippen LogP contribution in [0, 0.1) is 24.1 Å². The Hall–Kier alpha value is -3.24. The van der Waals surface area contributed by atoms with Gasteiger partial charge in [-0.1, -0.05) is 12.1 Å². The molecule has 0 saturated carbocycles. The maximum absolute atomic E-state index is 14.9. The minimum absolute atomic E-state index is 0. The van der Waals surface area contributed by atoms with Crippen molar-refractivity contribution >= 4 is 16.7 Å². The highest BCUT2D eigenvalue weighted by atomic mass is 19.1. The zero-order chi connectivity index (χ0) is 19.7. The highest BCUT2D eigenvalue weighted by Gasteiger charge is 2.20. The molecule has 0 amide bonds. The van der Waals surface area contributed by atoms with Crippen LogP contribution < -0.4 is 10.5 Å². The van der Waals surface area contributed by atoms with Crippen LogP contribution in [-0.4, -0.2) is 41.0 Å². The van der Waals surface area contributed by atoms with E-state index in [1.165, 1.54) is 0 Å². The van der Waals surface area contributed by atoms with Gasteiger partial charge in [0.2, 0.25) is 0 Å². The van der Waals surface area contributed by atoms with Crippen molar-refractivity contribution < 1.29 is 5.82 Å². The Morgan fingerprint density at radius 2 is 2.04 bits per heavy atom. The van der Waals surface area contributed by atoms with Crippen molar-refractivity contribution in [2.45, 2.75) is 13.5 Å². The number of pyridine rings is 2. The van der Waals surface area contributed by atoms with E-state index in [4.69, 9.17) is 5.26 Å². The Balaban J connectivity index is 0.00000240. The van der Waals surface area contributed by atoms with E-state index >= 15 is 0 Å². The Morgan fingerprint density at radius 3 is 2.71 bits per heavy atom. The highest BCUT2D eigenvalue weighted by molar-refractivity contribution is 5.80. The summed E-state index contributed by atoms with van der Waals surface area (Å²) in [6.45, 7) is 5.33. The van der Waals surface area contributed by atoms with Crippen LogP contribution in [0.2, 0.25) is 0 Å². The quantitative estimate of drug-likeness (QED) is 0.757. The summed E-state index contributed by atoms with van der Waals surface area (Å²) >= 11 is 0. The summed E-state index contributed by atoms with van der Waals surface area (Å²) in [7, 11) is 0. The van der Waals surface area contributed by atoms with Gasteiger partial charge in [0.05, 0.1) is 11.1 Å². The van der Waals surface area contributed by atoms with Gasteiger partial charge < -0.3 is 9.88 Å². The number of halogens is 1. The lowest BCUT2D eigenvalue weighted by Gasteiger charge is -2.35. The first-order valence-electron chi connectivity index (χ1n) is 9.19. The molecule has 0 bridgehead atoms. The fourth-order valence-electron chi connectivity index (χ4n) is 3.53. The molecule has 3 heterocycles. The first-order valence-corrected chi connectivity index (χ1v) is 9.19. The smallest absolute Gasteiger partial charge is 0.251 e. The van der Waals surface area contributed by atoms with Gasteiger partial charge in [-0.3, -0.25) is 9.69 Å². The number of aromatic nitrogens is 2. The first kappa shape index (κ1) is 18.1. The molecule has 0 unspecified atom stereocenters. The molecule has 2 aromatic heterocycles. The largest absolute Gasteiger partial charge is 0.354 e. The molecule has 0 radical (unpaired) electrons. The fraction of sp³-hybridized carbons (Fsp3) is 0.286.